The number of nitrogens with one attached hydrogen (secondary N) is 6. The number of benzene rings is 4. The van der Waals surface area contributed by atoms with Crippen LogP contribution in [0.5, 0.6) is 0 Å². The maximum Gasteiger partial charge on any atom is 0.314 e. The minimum absolute atomic E-state index is 0.0132. The Morgan fingerprint density at radius 3 is 1.36 bits per heavy atom. The molecule has 4 aromatic carbocycles. The van der Waals surface area contributed by atoms with Gasteiger partial charge in [0.2, 0.25) is 20.0 Å². The van der Waals surface area contributed by atoms with Crippen LogP contribution in [0, 0.1) is 11.6 Å². The third kappa shape index (κ3) is 16.9. The summed E-state index contributed by atoms with van der Waals surface area (Å²) in [6, 6.07) is 13.3. The second kappa shape index (κ2) is 28.5. The summed E-state index contributed by atoms with van der Waals surface area (Å²) in [4.78, 5) is 32.7. The van der Waals surface area contributed by atoms with Crippen LogP contribution in [0.1, 0.15) is 70.9 Å². The second-order valence-corrected chi connectivity index (χ2v) is 26.0. The van der Waals surface area contributed by atoms with Crippen molar-refractivity contribution in [3.05, 3.63) is 126 Å². The number of hydrogen-bond donors (Lipinski definition) is 6. The van der Waals surface area contributed by atoms with Gasteiger partial charge in [0.15, 0.2) is 0 Å². The van der Waals surface area contributed by atoms with Gasteiger partial charge in [-0.15, -0.1) is 0 Å². The van der Waals surface area contributed by atoms with E-state index in [1.54, 1.807) is 24.3 Å². The molecule has 6 N–H and O–H groups in total. The van der Waals surface area contributed by atoms with Gasteiger partial charge in [0.25, 0.3) is 0 Å². The standard InChI is InChI=1S/C54H70Cl4F2N10O8S2/c1-67-31-45(41-23-35(55)25-49(57)47(41)33-67)43-27-39(5-7-51(43)59)79(73,74)65-37-9-15-69(29-37)17-21-77-19-13-63-53(71)61-11-3-4-12-62-54(72)64-14-20-78-22-18-70-16-10-38(30-70)66-80(75,76)40-6-8-52(60)44(28-40)46-32-68(2)34-48-42(46)24-36(56)26-50(48)58/h5-8,23-28,37-38,45-46,65-66H,3-4,9-22,29-34H2,1-2H3,(H2,61,63,71)(H2,62,64,72)/t37-,38-,45?,46?/m0/s1. The van der Waals surface area contributed by atoms with Crippen molar-refractivity contribution in [2.75, 3.05) is 119 Å². The number of nitrogens with zero attached hydrogens (tertiary/aromatic N) is 4. The number of urea groups is 2. The normalized spacial score (nSPS) is 20.1. The molecule has 2 saturated heterocycles. The Labute approximate surface area is 487 Å². The number of likely N-dealkylation sites (N-methyl/N-ethyl adjacent to an activating group) is 2. The van der Waals surface area contributed by atoms with Crippen molar-refractivity contribution in [1.82, 2.24) is 50.3 Å². The Morgan fingerprint density at radius 2 is 0.950 bits per heavy atom. The van der Waals surface area contributed by atoms with Gasteiger partial charge >= 0.3 is 12.1 Å². The number of rotatable bonds is 25. The molecule has 2 unspecified atom stereocenters. The van der Waals surface area contributed by atoms with Gasteiger partial charge in [-0.3, -0.25) is 9.80 Å². The molecule has 4 aromatic rings. The van der Waals surface area contributed by atoms with Crippen LogP contribution in [-0.4, -0.2) is 180 Å². The number of hydrogen-bond acceptors (Lipinski definition) is 12. The van der Waals surface area contributed by atoms with Crippen LogP contribution < -0.4 is 30.7 Å². The zero-order valence-electron chi connectivity index (χ0n) is 44.8. The minimum Gasteiger partial charge on any atom is -0.378 e. The zero-order valence-corrected chi connectivity index (χ0v) is 49.4. The SMILES string of the molecule is CN1Cc2c(Cl)cc(Cl)cc2C(c2cc(S(=O)(=O)N[C@H]3CCN(CCOCCNC(=O)NCCCCNC(=O)NCCOCCN4CC[C@H](NS(=O)(=O)c5ccc(F)c(C6CN(C)Cc7c(Cl)cc(Cl)cc76)c5)C4)C3)ccc2F)C1. The average molecular weight is 1230 g/mol. The quantitative estimate of drug-likeness (QED) is 0.0391. The number of carbonyl (C=O) groups is 2. The molecule has 18 nitrogen and oxygen atoms in total. The van der Waals surface area contributed by atoms with Crippen LogP contribution in [0.4, 0.5) is 18.4 Å². The number of halogens is 6. The van der Waals surface area contributed by atoms with Crippen molar-refractivity contribution in [3.8, 4) is 0 Å². The van der Waals surface area contributed by atoms with Gasteiger partial charge in [-0.1, -0.05) is 46.4 Å². The Kier molecular flexibility index (Phi) is 22.1. The van der Waals surface area contributed by atoms with Crippen molar-refractivity contribution in [3.63, 3.8) is 0 Å². The molecule has 0 spiro atoms. The Bertz CT molecular complexity index is 2870. The number of likely N-dealkylation sites (tertiary alicyclic amines) is 2. The number of fused-ring (bicyclic) bond motifs is 2. The predicted molar refractivity (Wildman–Crippen MR) is 306 cm³/mol. The van der Waals surface area contributed by atoms with E-state index in [4.69, 9.17) is 55.9 Å². The van der Waals surface area contributed by atoms with E-state index in [-0.39, 0.29) is 45.1 Å². The Hall–Kier alpha value is -3.98. The third-order valence-corrected chi connectivity index (χ3v) is 19.0. The summed E-state index contributed by atoms with van der Waals surface area (Å²) in [5, 5.41) is 12.9. The fraction of sp³-hybridized carbons (Fsp3) is 0.519. The highest BCUT2D eigenvalue weighted by molar-refractivity contribution is 7.89. The summed E-state index contributed by atoms with van der Waals surface area (Å²) >= 11 is 25.7. The zero-order chi connectivity index (χ0) is 57.1. The van der Waals surface area contributed by atoms with Gasteiger partial charge in [-0.05, 0) is 147 Å². The lowest BCUT2D eigenvalue weighted by atomic mass is 9.84. The largest absolute Gasteiger partial charge is 0.378 e. The van der Waals surface area contributed by atoms with Gasteiger partial charge in [0.05, 0.1) is 36.2 Å². The molecule has 0 aromatic heterocycles. The predicted octanol–water partition coefficient (Wildman–Crippen LogP) is 6.55. The van der Waals surface area contributed by atoms with Crippen molar-refractivity contribution in [2.24, 2.45) is 0 Å². The van der Waals surface area contributed by atoms with Gasteiger partial charge in [0, 0.05) is 123 Å². The smallest absolute Gasteiger partial charge is 0.314 e. The summed E-state index contributed by atoms with van der Waals surface area (Å²) in [5.74, 6) is -1.93. The first-order chi connectivity index (χ1) is 38.2. The topological polar surface area (TPSA) is 206 Å². The van der Waals surface area contributed by atoms with Crippen LogP contribution in [0.3, 0.4) is 0 Å². The van der Waals surface area contributed by atoms with Gasteiger partial charge in [-0.2, -0.15) is 0 Å². The van der Waals surface area contributed by atoms with E-state index >= 15 is 8.78 Å². The van der Waals surface area contributed by atoms with Gasteiger partial charge in [0.1, 0.15) is 11.6 Å². The van der Waals surface area contributed by atoms with Crippen LogP contribution >= 0.6 is 46.4 Å². The lowest BCUT2D eigenvalue weighted by Gasteiger charge is -2.33. The van der Waals surface area contributed by atoms with E-state index in [0.717, 1.165) is 22.3 Å². The van der Waals surface area contributed by atoms with Crippen LogP contribution in [0.15, 0.2) is 70.5 Å². The number of ether oxygens (including phenoxy) is 2. The third-order valence-electron chi connectivity index (χ3n) is 14.8. The van der Waals surface area contributed by atoms with Crippen LogP contribution in [0.25, 0.3) is 0 Å². The molecule has 4 aliphatic heterocycles. The summed E-state index contributed by atoms with van der Waals surface area (Å²) in [7, 11) is -4.12. The Morgan fingerprint density at radius 1 is 0.550 bits per heavy atom. The van der Waals surface area contributed by atoms with E-state index in [2.05, 4.69) is 40.5 Å². The summed E-state index contributed by atoms with van der Waals surface area (Å²) in [5.41, 5.74) is 3.77. The lowest BCUT2D eigenvalue weighted by Crippen LogP contribution is -2.39. The van der Waals surface area contributed by atoms with Gasteiger partial charge in [-0.25, -0.2) is 44.6 Å². The molecule has 4 aliphatic rings. The van der Waals surface area contributed by atoms with Crippen molar-refractivity contribution < 1.29 is 44.7 Å². The molecule has 80 heavy (non-hydrogen) atoms. The van der Waals surface area contributed by atoms with E-state index in [9.17, 15) is 26.4 Å². The fourth-order valence-electron chi connectivity index (χ4n) is 10.8. The summed E-state index contributed by atoms with van der Waals surface area (Å²) < 4.78 is 102. The molecule has 0 aliphatic carbocycles. The van der Waals surface area contributed by atoms with Crippen molar-refractivity contribution >= 4 is 78.5 Å². The Balaban J connectivity index is 0.619. The average Bonchev–Trinajstić information content (AvgIpc) is 4.06. The summed E-state index contributed by atoms with van der Waals surface area (Å²) in [6.07, 6.45) is 2.50. The maximum atomic E-state index is 15.4. The molecule has 4 amide bonds. The first kappa shape index (κ1) is 62.1. The van der Waals surface area contributed by atoms with Gasteiger partial charge < -0.3 is 40.5 Å². The fourth-order valence-corrected chi connectivity index (χ4v) is 14.5. The minimum atomic E-state index is -3.96. The van der Waals surface area contributed by atoms with E-state index in [1.807, 2.05) is 23.9 Å². The van der Waals surface area contributed by atoms with E-state index in [0.29, 0.717) is 164 Å². The number of amides is 4. The number of unbranched alkanes of at least 4 members (excludes halogenated alkanes) is 1. The lowest BCUT2D eigenvalue weighted by molar-refractivity contribution is 0.113. The summed E-state index contributed by atoms with van der Waals surface area (Å²) in [6.45, 7) is 8.38. The molecule has 0 bridgehead atoms. The highest BCUT2D eigenvalue weighted by Gasteiger charge is 2.34. The first-order valence-electron chi connectivity index (χ1n) is 26.8. The monoisotopic (exact) mass is 1230 g/mol. The van der Waals surface area contributed by atoms with Crippen LogP contribution in [-0.2, 0) is 42.6 Å². The maximum absolute atomic E-state index is 15.4. The molecule has 8 rings (SSSR count). The molecule has 438 valence electrons. The van der Waals surface area contributed by atoms with Crippen molar-refractivity contribution in [2.45, 2.75) is 72.5 Å². The molecular formula is C54H70Cl4F2N10O8S2. The highest BCUT2D eigenvalue weighted by atomic mass is 35.5. The molecule has 26 heteroatoms. The molecule has 4 heterocycles. The second-order valence-electron chi connectivity index (χ2n) is 20.9. The molecular weight excluding hydrogens is 1160 g/mol. The number of carbonyl (C=O) groups excluding carboxylic acids is 2. The van der Waals surface area contributed by atoms with Crippen molar-refractivity contribution in [1.29, 1.82) is 0 Å². The molecule has 0 saturated carbocycles. The van der Waals surface area contributed by atoms with Crippen LogP contribution in [0.2, 0.25) is 20.1 Å². The molecule has 2 fully saturated rings. The number of sulfonamides is 2. The van der Waals surface area contributed by atoms with E-state index < -0.39 is 43.5 Å². The first-order valence-corrected chi connectivity index (χ1v) is 31.3. The molecule has 0 radical (unpaired) electrons. The highest BCUT2D eigenvalue weighted by Crippen LogP contribution is 2.41. The van der Waals surface area contributed by atoms with E-state index in [1.165, 1.54) is 36.4 Å². The molecule has 4 atom stereocenters.